The first-order valence-corrected chi connectivity index (χ1v) is 4.96. The van der Waals surface area contributed by atoms with Gasteiger partial charge in [0.2, 0.25) is 0 Å². The maximum atomic E-state index is 11.5. The molecular weight excluding hydrogens is 194 g/mol. The van der Waals surface area contributed by atoms with Crippen molar-refractivity contribution in [3.63, 3.8) is 0 Å². The molecule has 1 atom stereocenters. The maximum Gasteiger partial charge on any atom is 0.265 e. The van der Waals surface area contributed by atoms with E-state index < -0.39 is 6.10 Å². The Morgan fingerprint density at radius 1 is 1.53 bits per heavy atom. The molecule has 1 aliphatic heterocycles. The van der Waals surface area contributed by atoms with Gasteiger partial charge < -0.3 is 15.2 Å². The van der Waals surface area contributed by atoms with Gasteiger partial charge in [-0.3, -0.25) is 4.79 Å². The summed E-state index contributed by atoms with van der Waals surface area (Å²) in [6.07, 6.45) is 0.241. The van der Waals surface area contributed by atoms with Crippen molar-refractivity contribution in [1.82, 2.24) is 0 Å². The van der Waals surface area contributed by atoms with E-state index in [0.29, 0.717) is 17.9 Å². The highest BCUT2D eigenvalue weighted by atomic mass is 16.5. The highest BCUT2D eigenvalue weighted by Crippen LogP contribution is 2.31. The van der Waals surface area contributed by atoms with E-state index in [1.807, 2.05) is 6.92 Å². The predicted molar refractivity (Wildman–Crippen MR) is 55.7 cm³/mol. The van der Waals surface area contributed by atoms with E-state index in [9.17, 15) is 4.79 Å². The van der Waals surface area contributed by atoms with E-state index in [2.05, 4.69) is 5.32 Å². The topological polar surface area (TPSA) is 58.6 Å². The SMILES string of the molecule is CCC1Oc2ccc(CO)cc2NC1=O. The minimum Gasteiger partial charge on any atom is -0.478 e. The number of anilines is 1. The van der Waals surface area contributed by atoms with Crippen molar-refractivity contribution in [1.29, 1.82) is 0 Å². The van der Waals surface area contributed by atoms with Crippen LogP contribution in [0.1, 0.15) is 18.9 Å². The molecule has 1 amide bonds. The quantitative estimate of drug-likeness (QED) is 0.768. The van der Waals surface area contributed by atoms with Gasteiger partial charge in [0.25, 0.3) is 5.91 Å². The standard InChI is InChI=1S/C11H13NO3/c1-2-9-11(14)12-8-5-7(6-13)3-4-10(8)15-9/h3-5,9,13H,2,6H2,1H3,(H,12,14). The zero-order valence-electron chi connectivity index (χ0n) is 8.49. The van der Waals surface area contributed by atoms with Crippen molar-refractivity contribution in [2.24, 2.45) is 0 Å². The van der Waals surface area contributed by atoms with Gasteiger partial charge in [0.05, 0.1) is 12.3 Å². The molecule has 0 saturated heterocycles. The first kappa shape index (κ1) is 9.98. The van der Waals surface area contributed by atoms with Crippen molar-refractivity contribution < 1.29 is 14.6 Å². The summed E-state index contributed by atoms with van der Waals surface area (Å²) in [5.41, 5.74) is 1.39. The second-order valence-corrected chi connectivity index (χ2v) is 3.49. The summed E-state index contributed by atoms with van der Waals surface area (Å²) in [4.78, 5) is 11.5. The van der Waals surface area contributed by atoms with Gasteiger partial charge >= 0.3 is 0 Å². The van der Waals surface area contributed by atoms with E-state index in [1.54, 1.807) is 18.2 Å². The zero-order valence-corrected chi connectivity index (χ0v) is 8.49. The third kappa shape index (κ3) is 1.80. The average Bonchev–Trinajstić information content (AvgIpc) is 2.27. The van der Waals surface area contributed by atoms with Gasteiger partial charge in [-0.25, -0.2) is 0 Å². The summed E-state index contributed by atoms with van der Waals surface area (Å²) in [5.74, 6) is 0.540. The minimum atomic E-state index is -0.405. The second-order valence-electron chi connectivity index (χ2n) is 3.49. The number of nitrogens with one attached hydrogen (secondary N) is 1. The lowest BCUT2D eigenvalue weighted by Crippen LogP contribution is -2.36. The molecule has 0 radical (unpaired) electrons. The summed E-state index contributed by atoms with van der Waals surface area (Å²) < 4.78 is 5.50. The van der Waals surface area contributed by atoms with Gasteiger partial charge in [-0.05, 0) is 24.1 Å². The molecule has 0 bridgehead atoms. The molecule has 0 spiro atoms. The maximum absolute atomic E-state index is 11.5. The number of aliphatic hydroxyl groups excluding tert-OH is 1. The molecule has 15 heavy (non-hydrogen) atoms. The number of hydrogen-bond acceptors (Lipinski definition) is 3. The molecule has 0 fully saturated rings. The number of carbonyl (C=O) groups excluding carboxylic acids is 1. The Morgan fingerprint density at radius 2 is 2.33 bits per heavy atom. The fourth-order valence-electron chi connectivity index (χ4n) is 1.56. The van der Waals surface area contributed by atoms with Crippen LogP contribution in [-0.2, 0) is 11.4 Å². The molecule has 4 nitrogen and oxygen atoms in total. The van der Waals surface area contributed by atoms with Crippen molar-refractivity contribution in [2.45, 2.75) is 26.1 Å². The second kappa shape index (κ2) is 3.90. The van der Waals surface area contributed by atoms with Gasteiger partial charge in [0.1, 0.15) is 5.75 Å². The molecule has 0 saturated carbocycles. The molecule has 1 unspecified atom stereocenters. The van der Waals surface area contributed by atoms with Crippen molar-refractivity contribution in [2.75, 3.05) is 5.32 Å². The van der Waals surface area contributed by atoms with Crippen molar-refractivity contribution in [3.8, 4) is 5.75 Å². The van der Waals surface area contributed by atoms with Crippen LogP contribution in [0.5, 0.6) is 5.75 Å². The molecule has 2 rings (SSSR count). The third-order valence-electron chi connectivity index (χ3n) is 2.42. The van der Waals surface area contributed by atoms with Gasteiger partial charge in [-0.15, -0.1) is 0 Å². The zero-order chi connectivity index (χ0) is 10.8. The van der Waals surface area contributed by atoms with Crippen LogP contribution in [0, 0.1) is 0 Å². The first-order chi connectivity index (χ1) is 7.24. The van der Waals surface area contributed by atoms with E-state index >= 15 is 0 Å². The Hall–Kier alpha value is -1.55. The largest absolute Gasteiger partial charge is 0.478 e. The smallest absolute Gasteiger partial charge is 0.265 e. The van der Waals surface area contributed by atoms with Crippen molar-refractivity contribution in [3.05, 3.63) is 23.8 Å². The van der Waals surface area contributed by atoms with E-state index in [0.717, 1.165) is 5.56 Å². The van der Waals surface area contributed by atoms with Gasteiger partial charge in [-0.2, -0.15) is 0 Å². The van der Waals surface area contributed by atoms with Crippen LogP contribution >= 0.6 is 0 Å². The first-order valence-electron chi connectivity index (χ1n) is 4.96. The average molecular weight is 207 g/mol. The van der Waals surface area contributed by atoms with Gasteiger partial charge in [0.15, 0.2) is 6.10 Å². The molecule has 1 heterocycles. The summed E-state index contributed by atoms with van der Waals surface area (Å²) in [6, 6.07) is 5.27. The predicted octanol–water partition coefficient (Wildman–Crippen LogP) is 1.29. The number of fused-ring (bicyclic) bond motifs is 1. The van der Waals surface area contributed by atoms with Crippen LogP contribution in [0.2, 0.25) is 0 Å². The minimum absolute atomic E-state index is 0.0413. The van der Waals surface area contributed by atoms with Crippen LogP contribution in [0.4, 0.5) is 5.69 Å². The normalized spacial score (nSPS) is 19.1. The van der Waals surface area contributed by atoms with Crippen LogP contribution < -0.4 is 10.1 Å². The Morgan fingerprint density at radius 3 is 3.00 bits per heavy atom. The number of hydrogen-bond donors (Lipinski definition) is 2. The molecule has 4 heteroatoms. The monoisotopic (exact) mass is 207 g/mol. The van der Waals surface area contributed by atoms with Crippen LogP contribution in [0.25, 0.3) is 0 Å². The van der Waals surface area contributed by atoms with Gasteiger partial charge in [0, 0.05) is 0 Å². The van der Waals surface area contributed by atoms with E-state index in [4.69, 9.17) is 9.84 Å². The van der Waals surface area contributed by atoms with E-state index in [-0.39, 0.29) is 12.5 Å². The lowest BCUT2D eigenvalue weighted by molar-refractivity contribution is -0.123. The summed E-state index contributed by atoms with van der Waals surface area (Å²) in [7, 11) is 0. The molecule has 1 aliphatic rings. The molecule has 1 aromatic rings. The fraction of sp³-hybridized carbons (Fsp3) is 0.364. The summed E-state index contributed by atoms with van der Waals surface area (Å²) in [6.45, 7) is 1.86. The Bertz CT molecular complexity index is 389. The Kier molecular flexibility index (Phi) is 2.60. The van der Waals surface area contributed by atoms with Crippen LogP contribution in [-0.4, -0.2) is 17.1 Å². The molecule has 0 aliphatic carbocycles. The summed E-state index contributed by atoms with van der Waals surface area (Å²) in [5, 5.41) is 11.7. The number of aliphatic hydroxyl groups is 1. The van der Waals surface area contributed by atoms with Gasteiger partial charge in [-0.1, -0.05) is 13.0 Å². The highest BCUT2D eigenvalue weighted by molar-refractivity contribution is 5.97. The molecule has 1 aromatic carbocycles. The summed E-state index contributed by atoms with van der Waals surface area (Å²) >= 11 is 0. The lowest BCUT2D eigenvalue weighted by atomic mass is 10.1. The number of amides is 1. The Labute approximate surface area is 87.9 Å². The molecular formula is C11H13NO3. The number of rotatable bonds is 2. The van der Waals surface area contributed by atoms with Crippen molar-refractivity contribution >= 4 is 11.6 Å². The number of benzene rings is 1. The third-order valence-corrected chi connectivity index (χ3v) is 2.42. The Balaban J connectivity index is 2.32. The number of carbonyl (C=O) groups is 1. The molecule has 80 valence electrons. The molecule has 0 aromatic heterocycles. The van der Waals surface area contributed by atoms with E-state index in [1.165, 1.54) is 0 Å². The van der Waals surface area contributed by atoms with Crippen LogP contribution in [0.15, 0.2) is 18.2 Å². The lowest BCUT2D eigenvalue weighted by Gasteiger charge is -2.25. The fourth-order valence-corrected chi connectivity index (χ4v) is 1.56. The molecule has 2 N–H and O–H groups in total. The van der Waals surface area contributed by atoms with Crippen LogP contribution in [0.3, 0.4) is 0 Å². The number of ether oxygens (including phenoxy) is 1. The highest BCUT2D eigenvalue weighted by Gasteiger charge is 2.25.